The molecule has 1 aromatic heterocycles. The van der Waals surface area contributed by atoms with Gasteiger partial charge in [0.05, 0.1) is 46.4 Å². The van der Waals surface area contributed by atoms with Crippen molar-refractivity contribution in [1.29, 1.82) is 0 Å². The Morgan fingerprint density at radius 3 is 2.29 bits per heavy atom. The predicted molar refractivity (Wildman–Crippen MR) is 182 cm³/mol. The van der Waals surface area contributed by atoms with E-state index in [1.807, 2.05) is 24.3 Å². The van der Waals surface area contributed by atoms with Gasteiger partial charge in [0, 0.05) is 46.3 Å². The van der Waals surface area contributed by atoms with Gasteiger partial charge in [-0.05, 0) is 79.1 Å². The molecule has 8 heteroatoms. The lowest BCUT2D eigenvalue weighted by atomic mass is 9.98. The summed E-state index contributed by atoms with van der Waals surface area (Å²) in [5, 5.41) is 3.87. The van der Waals surface area contributed by atoms with Crippen LogP contribution in [0.1, 0.15) is 60.8 Å². The largest absolute Gasteiger partial charge is 0.497 e. The fraction of sp³-hybridized carbons (Fsp3) is 0.378. The summed E-state index contributed by atoms with van der Waals surface area (Å²) in [5.74, 6) is 4.81. The molecule has 1 unspecified atom stereocenters. The molecule has 4 aromatic rings. The Kier molecular flexibility index (Phi) is 9.40. The molecule has 236 valence electrons. The first-order valence-electron chi connectivity index (χ1n) is 15.7. The first-order chi connectivity index (χ1) is 22.0. The highest BCUT2D eigenvalue weighted by molar-refractivity contribution is 9.10. The monoisotopic (exact) mass is 671 g/mol. The van der Waals surface area contributed by atoms with Crippen molar-refractivity contribution in [3.05, 3.63) is 92.9 Å². The number of nitrogens with zero attached hydrogens (tertiary/aromatic N) is 2. The maximum Gasteiger partial charge on any atom is 0.127 e. The lowest BCUT2D eigenvalue weighted by molar-refractivity contribution is 0.390. The summed E-state index contributed by atoms with van der Waals surface area (Å²) in [6, 6.07) is 18.8. The smallest absolute Gasteiger partial charge is 0.127 e. The zero-order valence-electron chi connectivity index (χ0n) is 26.8. The molecule has 45 heavy (non-hydrogen) atoms. The van der Waals surface area contributed by atoms with E-state index in [0.717, 1.165) is 100 Å². The van der Waals surface area contributed by atoms with E-state index >= 15 is 0 Å². The second-order valence-electron chi connectivity index (χ2n) is 11.8. The molecule has 1 N–H and O–H groups in total. The number of hydrogen-bond donors (Lipinski definition) is 1. The molecule has 1 saturated carbocycles. The number of aryl methyl sites for hydroxylation is 2. The van der Waals surface area contributed by atoms with Crippen LogP contribution >= 0.6 is 15.9 Å². The molecule has 7 nitrogen and oxygen atoms in total. The van der Waals surface area contributed by atoms with E-state index in [4.69, 9.17) is 23.9 Å². The van der Waals surface area contributed by atoms with Crippen LogP contribution in [0, 0.1) is 5.92 Å². The van der Waals surface area contributed by atoms with Crippen LogP contribution in [0.25, 0.3) is 17.0 Å². The van der Waals surface area contributed by atoms with Gasteiger partial charge in [0.15, 0.2) is 0 Å². The minimum absolute atomic E-state index is 0.550. The quantitative estimate of drug-likeness (QED) is 0.164. The average Bonchev–Trinajstić information content (AvgIpc) is 3.75. The third kappa shape index (κ3) is 6.43. The summed E-state index contributed by atoms with van der Waals surface area (Å²) >= 11 is 3.76. The Balaban J connectivity index is 1.51. The van der Waals surface area contributed by atoms with Gasteiger partial charge >= 0.3 is 0 Å². The number of halogens is 1. The molecule has 0 aliphatic heterocycles. The Morgan fingerprint density at radius 1 is 0.889 bits per heavy atom. The number of nitrogens with one attached hydrogen (secondary N) is 1. The summed E-state index contributed by atoms with van der Waals surface area (Å²) in [6.07, 6.45) is 6.28. The number of ether oxygens (including phenoxy) is 4. The Bertz CT molecular complexity index is 1730. The van der Waals surface area contributed by atoms with Crippen molar-refractivity contribution < 1.29 is 18.9 Å². The number of fused-ring (bicyclic) bond motifs is 4. The summed E-state index contributed by atoms with van der Waals surface area (Å²) in [4.78, 5) is 5.49. The highest BCUT2D eigenvalue weighted by Gasteiger charge is 2.37. The van der Waals surface area contributed by atoms with Crippen molar-refractivity contribution in [2.75, 3.05) is 28.4 Å². The molecule has 2 aliphatic rings. The van der Waals surface area contributed by atoms with Gasteiger partial charge in [0.2, 0.25) is 0 Å². The zero-order chi connectivity index (χ0) is 31.5. The molecule has 3 aromatic carbocycles. The van der Waals surface area contributed by atoms with E-state index < -0.39 is 0 Å². The van der Waals surface area contributed by atoms with E-state index in [1.165, 1.54) is 16.7 Å². The van der Waals surface area contributed by atoms with Crippen LogP contribution in [-0.4, -0.2) is 38.0 Å². The third-order valence-electron chi connectivity index (χ3n) is 9.01. The number of allylic oxidation sites excluding steroid dienone is 1. The summed E-state index contributed by atoms with van der Waals surface area (Å²) in [5.41, 5.74) is 9.55. The molecule has 1 heterocycles. The first-order valence-corrected chi connectivity index (χ1v) is 16.5. The lowest BCUT2D eigenvalue weighted by Crippen LogP contribution is -2.15. The van der Waals surface area contributed by atoms with Crippen LogP contribution in [0.15, 0.2) is 64.6 Å². The number of methoxy groups -OCH3 is 4. The zero-order valence-corrected chi connectivity index (χ0v) is 28.4. The van der Waals surface area contributed by atoms with Gasteiger partial charge in [0.25, 0.3) is 0 Å². The van der Waals surface area contributed by atoms with Crippen LogP contribution in [0.2, 0.25) is 0 Å². The first kappa shape index (κ1) is 31.1. The standard InChI is InChI=1S/C37H42BrN3O4/c1-6-7-8-34-40-36-35(39-21-25-11-14-28(42-2)19-32(25)44-4)31-18-24(31)10-9-23-17-27(38)13-16-30(23)37(36)41(34)22-26-12-15-29(43-3)20-33(26)45-5/h11-17,19-20,24,39H,6-10,18,21-22H2,1-5H3/b35-31-. The van der Waals surface area contributed by atoms with Crippen LogP contribution in [0.3, 0.4) is 0 Å². The predicted octanol–water partition coefficient (Wildman–Crippen LogP) is 8.20. The fourth-order valence-electron chi connectivity index (χ4n) is 6.45. The highest BCUT2D eigenvalue weighted by atomic mass is 79.9. The van der Waals surface area contributed by atoms with E-state index in [-0.39, 0.29) is 0 Å². The van der Waals surface area contributed by atoms with E-state index in [2.05, 4.69) is 63.1 Å². The Hall–Kier alpha value is -3.91. The molecule has 1 fully saturated rings. The lowest BCUT2D eigenvalue weighted by Gasteiger charge is -2.19. The highest BCUT2D eigenvalue weighted by Crippen LogP contribution is 2.49. The van der Waals surface area contributed by atoms with Gasteiger partial charge in [-0.2, -0.15) is 0 Å². The summed E-state index contributed by atoms with van der Waals surface area (Å²) in [7, 11) is 6.79. The van der Waals surface area contributed by atoms with Crippen molar-refractivity contribution in [3.63, 3.8) is 0 Å². The summed E-state index contributed by atoms with van der Waals surface area (Å²) < 4.78 is 26.1. The van der Waals surface area contributed by atoms with E-state index in [9.17, 15) is 0 Å². The second-order valence-corrected chi connectivity index (χ2v) is 12.7. The number of rotatable bonds is 12. The van der Waals surface area contributed by atoms with Crippen molar-refractivity contribution in [1.82, 2.24) is 14.9 Å². The minimum Gasteiger partial charge on any atom is -0.497 e. The van der Waals surface area contributed by atoms with Gasteiger partial charge in [-0.1, -0.05) is 35.3 Å². The average molecular weight is 673 g/mol. The van der Waals surface area contributed by atoms with Gasteiger partial charge in [-0.3, -0.25) is 0 Å². The number of benzene rings is 3. The van der Waals surface area contributed by atoms with Crippen molar-refractivity contribution in [2.24, 2.45) is 5.92 Å². The molecule has 0 radical (unpaired) electrons. The van der Waals surface area contributed by atoms with Crippen molar-refractivity contribution in [2.45, 2.75) is 58.5 Å². The molecule has 2 aliphatic carbocycles. The molecule has 0 bridgehead atoms. The number of unbranched alkanes of at least 4 members (excludes halogenated alkanes) is 1. The normalized spacial score (nSPS) is 16.8. The van der Waals surface area contributed by atoms with Crippen LogP contribution in [0.4, 0.5) is 0 Å². The van der Waals surface area contributed by atoms with Crippen LogP contribution in [0.5, 0.6) is 23.0 Å². The van der Waals surface area contributed by atoms with Gasteiger partial charge in [0.1, 0.15) is 34.5 Å². The molecule has 0 spiro atoms. The molecule has 6 rings (SSSR count). The van der Waals surface area contributed by atoms with Crippen LogP contribution < -0.4 is 24.3 Å². The Labute approximate surface area is 274 Å². The molecule has 0 saturated heterocycles. The van der Waals surface area contributed by atoms with Crippen molar-refractivity contribution >= 4 is 21.6 Å². The SMILES string of the molecule is CCCCc1nc2c(n1Cc1ccc(OC)cc1OC)-c1ccc(Br)cc1CCC1C/C1=C\2NCc1ccc(OC)cc1OC. The van der Waals surface area contributed by atoms with Crippen LogP contribution in [-0.2, 0) is 25.9 Å². The number of aromatic nitrogens is 2. The van der Waals surface area contributed by atoms with Gasteiger partial charge < -0.3 is 28.8 Å². The van der Waals surface area contributed by atoms with Crippen molar-refractivity contribution in [3.8, 4) is 34.3 Å². The second kappa shape index (κ2) is 13.6. The van der Waals surface area contributed by atoms with E-state index in [0.29, 0.717) is 19.0 Å². The molecular weight excluding hydrogens is 630 g/mol. The fourth-order valence-corrected chi connectivity index (χ4v) is 6.85. The third-order valence-corrected chi connectivity index (χ3v) is 9.51. The van der Waals surface area contributed by atoms with Gasteiger partial charge in [-0.15, -0.1) is 0 Å². The number of hydrogen-bond acceptors (Lipinski definition) is 6. The maximum atomic E-state index is 5.86. The Morgan fingerprint density at radius 2 is 1.60 bits per heavy atom. The topological polar surface area (TPSA) is 66.8 Å². The summed E-state index contributed by atoms with van der Waals surface area (Å²) in [6.45, 7) is 3.50. The number of imidazole rings is 1. The van der Waals surface area contributed by atoms with Gasteiger partial charge in [-0.25, -0.2) is 4.98 Å². The van der Waals surface area contributed by atoms with E-state index in [1.54, 1.807) is 28.4 Å². The minimum atomic E-state index is 0.550. The molecule has 1 atom stereocenters. The molecular formula is C37H42BrN3O4. The molecule has 0 amide bonds. The maximum absolute atomic E-state index is 5.86.